The Morgan fingerprint density at radius 3 is 2.22 bits per heavy atom. The molecule has 8 nitrogen and oxygen atoms in total. The molecule has 0 amide bonds. The van der Waals surface area contributed by atoms with Gasteiger partial charge in [0.2, 0.25) is 15.9 Å². The van der Waals surface area contributed by atoms with Crippen molar-refractivity contribution < 1.29 is 17.8 Å². The van der Waals surface area contributed by atoms with Gasteiger partial charge in [-0.1, -0.05) is 0 Å². The van der Waals surface area contributed by atoms with Crippen molar-refractivity contribution in [2.75, 3.05) is 0 Å². The molecule has 124 valence electrons. The second-order valence-corrected chi connectivity index (χ2v) is 6.94. The molecule has 0 unspecified atom stereocenters. The van der Waals surface area contributed by atoms with Gasteiger partial charge in [0.1, 0.15) is 5.76 Å². The largest absolute Gasteiger partial charge is 0.444 e. The van der Waals surface area contributed by atoms with E-state index in [1.54, 1.807) is 13.8 Å². The van der Waals surface area contributed by atoms with Gasteiger partial charge in [0.25, 0.3) is 5.69 Å². The molecule has 0 atom stereocenters. The number of aromatic nitrogens is 1. The van der Waals surface area contributed by atoms with Gasteiger partial charge in [-0.3, -0.25) is 10.1 Å². The van der Waals surface area contributed by atoms with E-state index >= 15 is 0 Å². The van der Waals surface area contributed by atoms with E-state index in [0.29, 0.717) is 22.6 Å². The third-order valence-electron chi connectivity index (χ3n) is 3.41. The summed E-state index contributed by atoms with van der Waals surface area (Å²) < 4.78 is 32.7. The molecular formula is C14H17N3O5S. The molecule has 2 rings (SSSR count). The van der Waals surface area contributed by atoms with Crippen LogP contribution in [0.25, 0.3) is 0 Å². The molecule has 0 spiro atoms. The van der Waals surface area contributed by atoms with Crippen LogP contribution in [0.1, 0.15) is 28.5 Å². The van der Waals surface area contributed by atoms with Crippen molar-refractivity contribution in [2.45, 2.75) is 39.1 Å². The topological polar surface area (TPSA) is 115 Å². The zero-order chi connectivity index (χ0) is 17.4. The van der Waals surface area contributed by atoms with Gasteiger partial charge in [-0.2, -0.15) is 0 Å². The smallest absolute Gasteiger partial charge is 0.270 e. The van der Waals surface area contributed by atoms with E-state index in [4.69, 9.17) is 4.42 Å². The molecule has 0 bridgehead atoms. The number of nitro groups is 1. The summed E-state index contributed by atoms with van der Waals surface area (Å²) in [5.74, 6) is 0.891. The van der Waals surface area contributed by atoms with E-state index < -0.39 is 14.9 Å². The van der Waals surface area contributed by atoms with Gasteiger partial charge in [0, 0.05) is 12.1 Å². The van der Waals surface area contributed by atoms with Crippen LogP contribution in [0.15, 0.2) is 21.4 Å². The summed E-state index contributed by atoms with van der Waals surface area (Å²) >= 11 is 0. The number of rotatable bonds is 5. The Labute approximate surface area is 133 Å². The molecule has 1 N–H and O–H groups in total. The van der Waals surface area contributed by atoms with Crippen LogP contribution < -0.4 is 4.72 Å². The maximum atomic E-state index is 12.5. The summed E-state index contributed by atoms with van der Waals surface area (Å²) in [4.78, 5) is 14.4. The fourth-order valence-electron chi connectivity index (χ4n) is 2.30. The lowest BCUT2D eigenvalue weighted by atomic mass is 10.1. The number of oxazole rings is 1. The van der Waals surface area contributed by atoms with Crippen molar-refractivity contribution in [3.63, 3.8) is 0 Å². The van der Waals surface area contributed by atoms with Crippen LogP contribution in [-0.2, 0) is 16.6 Å². The van der Waals surface area contributed by atoms with Crippen LogP contribution >= 0.6 is 0 Å². The van der Waals surface area contributed by atoms with Gasteiger partial charge in [0.05, 0.1) is 22.1 Å². The van der Waals surface area contributed by atoms with E-state index in [-0.39, 0.29) is 23.0 Å². The highest BCUT2D eigenvalue weighted by Crippen LogP contribution is 2.25. The average Bonchev–Trinajstić information content (AvgIpc) is 2.74. The maximum absolute atomic E-state index is 12.5. The number of aryl methyl sites for hydroxylation is 4. The number of nitrogens with one attached hydrogen (secondary N) is 1. The van der Waals surface area contributed by atoms with Gasteiger partial charge in [-0.05, 0) is 38.8 Å². The minimum Gasteiger partial charge on any atom is -0.444 e. The van der Waals surface area contributed by atoms with Crippen LogP contribution in [0.3, 0.4) is 0 Å². The predicted octanol–water partition coefficient (Wildman–Crippen LogP) is 2.29. The Hall–Kier alpha value is -2.26. The fraction of sp³-hybridized carbons (Fsp3) is 0.357. The molecule has 0 radical (unpaired) electrons. The Kier molecular flexibility index (Phi) is 4.53. The highest BCUT2D eigenvalue weighted by Gasteiger charge is 2.23. The van der Waals surface area contributed by atoms with E-state index in [0.717, 1.165) is 0 Å². The fourth-order valence-corrected chi connectivity index (χ4v) is 3.72. The second kappa shape index (κ2) is 6.09. The van der Waals surface area contributed by atoms with Crippen molar-refractivity contribution in [1.29, 1.82) is 0 Å². The molecule has 0 aliphatic carbocycles. The molecule has 0 saturated heterocycles. The highest BCUT2D eigenvalue weighted by atomic mass is 32.2. The lowest BCUT2D eigenvalue weighted by molar-refractivity contribution is -0.385. The molecule has 0 fully saturated rings. The first kappa shape index (κ1) is 17.1. The van der Waals surface area contributed by atoms with Gasteiger partial charge in [0.15, 0.2) is 0 Å². The molecule has 1 heterocycles. The van der Waals surface area contributed by atoms with Crippen molar-refractivity contribution in [1.82, 2.24) is 9.71 Å². The monoisotopic (exact) mass is 339 g/mol. The van der Waals surface area contributed by atoms with E-state index in [2.05, 4.69) is 9.71 Å². The Morgan fingerprint density at radius 1 is 1.22 bits per heavy atom. The third kappa shape index (κ3) is 3.57. The van der Waals surface area contributed by atoms with E-state index in [9.17, 15) is 18.5 Å². The zero-order valence-corrected chi connectivity index (χ0v) is 14.0. The molecular weight excluding hydrogens is 322 g/mol. The molecule has 1 aromatic heterocycles. The Balaban J connectivity index is 2.31. The Morgan fingerprint density at radius 2 is 1.78 bits per heavy atom. The Bertz CT molecular complexity index is 828. The quantitative estimate of drug-likeness (QED) is 0.660. The third-order valence-corrected chi connectivity index (χ3v) is 5.12. The van der Waals surface area contributed by atoms with Crippen molar-refractivity contribution in [3.8, 4) is 0 Å². The van der Waals surface area contributed by atoms with E-state index in [1.165, 1.54) is 26.0 Å². The van der Waals surface area contributed by atoms with Gasteiger partial charge >= 0.3 is 0 Å². The predicted molar refractivity (Wildman–Crippen MR) is 82.6 cm³/mol. The summed E-state index contributed by atoms with van der Waals surface area (Å²) in [6.07, 6.45) is 0. The van der Waals surface area contributed by atoms with Gasteiger partial charge in [-0.25, -0.2) is 18.1 Å². The molecule has 9 heteroatoms. The molecule has 0 aliphatic rings. The van der Waals surface area contributed by atoms with Crippen LogP contribution in [0, 0.1) is 37.8 Å². The number of benzene rings is 1. The number of sulfonamides is 1. The number of nitrogens with zero attached hydrogens (tertiary/aromatic N) is 2. The van der Waals surface area contributed by atoms with Crippen molar-refractivity contribution >= 4 is 15.7 Å². The molecule has 23 heavy (non-hydrogen) atoms. The summed E-state index contributed by atoms with van der Waals surface area (Å²) in [5, 5.41) is 10.8. The summed E-state index contributed by atoms with van der Waals surface area (Å²) in [7, 11) is -3.84. The summed E-state index contributed by atoms with van der Waals surface area (Å²) in [6.45, 7) is 6.46. The van der Waals surface area contributed by atoms with Crippen molar-refractivity contribution in [3.05, 3.63) is 50.7 Å². The molecule has 2 aromatic rings. The van der Waals surface area contributed by atoms with Crippen molar-refractivity contribution in [2.24, 2.45) is 0 Å². The average molecular weight is 339 g/mol. The maximum Gasteiger partial charge on any atom is 0.270 e. The number of hydrogen-bond donors (Lipinski definition) is 1. The SMILES string of the molecule is Cc1cc([N+](=O)[O-])cc(C)c1S(=O)(=O)NCc1nc(C)c(C)o1. The standard InChI is InChI=1S/C14H17N3O5S/c1-8-5-12(17(18)19)6-9(2)14(8)23(20,21)15-7-13-16-10(3)11(4)22-13/h5-6,15H,7H2,1-4H3. The van der Waals surface area contributed by atoms with E-state index in [1.807, 2.05) is 0 Å². The summed E-state index contributed by atoms with van der Waals surface area (Å²) in [5.41, 5.74) is 1.17. The lowest BCUT2D eigenvalue weighted by Gasteiger charge is -2.11. The first-order valence-electron chi connectivity index (χ1n) is 6.80. The number of nitro benzene ring substituents is 1. The highest BCUT2D eigenvalue weighted by molar-refractivity contribution is 7.89. The van der Waals surface area contributed by atoms with Crippen LogP contribution in [0.2, 0.25) is 0 Å². The van der Waals surface area contributed by atoms with Gasteiger partial charge in [-0.15, -0.1) is 0 Å². The normalized spacial score (nSPS) is 11.7. The minimum absolute atomic E-state index is 0.0306. The second-order valence-electron chi connectivity index (χ2n) is 5.24. The zero-order valence-electron chi connectivity index (χ0n) is 13.2. The molecule has 1 aromatic carbocycles. The number of non-ortho nitro benzene ring substituents is 1. The lowest BCUT2D eigenvalue weighted by Crippen LogP contribution is -2.25. The first-order chi connectivity index (χ1) is 10.6. The minimum atomic E-state index is -3.84. The molecule has 0 aliphatic heterocycles. The van der Waals surface area contributed by atoms with Crippen LogP contribution in [0.5, 0.6) is 0 Å². The molecule has 0 saturated carbocycles. The summed E-state index contributed by atoms with van der Waals surface area (Å²) in [6, 6.07) is 2.47. The van der Waals surface area contributed by atoms with Gasteiger partial charge < -0.3 is 4.42 Å². The number of hydrogen-bond acceptors (Lipinski definition) is 6. The van der Waals surface area contributed by atoms with Crippen LogP contribution in [-0.4, -0.2) is 18.3 Å². The first-order valence-corrected chi connectivity index (χ1v) is 8.28. The van der Waals surface area contributed by atoms with Crippen LogP contribution in [0.4, 0.5) is 5.69 Å².